The van der Waals surface area contributed by atoms with E-state index in [1.165, 1.54) is 18.5 Å². The van der Waals surface area contributed by atoms with E-state index >= 15 is 0 Å². The lowest BCUT2D eigenvalue weighted by atomic mass is 10.1. The van der Waals surface area contributed by atoms with Crippen LogP contribution in [-0.4, -0.2) is 83.9 Å². The Labute approximate surface area is 245 Å². The largest absolute Gasteiger partial charge is 0.480 e. The number of rotatable bonds is 12. The molecule has 1 atom stereocenters. The fourth-order valence-electron chi connectivity index (χ4n) is 4.59. The van der Waals surface area contributed by atoms with Crippen LogP contribution in [0.3, 0.4) is 0 Å². The first-order valence-electron chi connectivity index (χ1n) is 13.7. The number of pyridine rings is 1. The summed E-state index contributed by atoms with van der Waals surface area (Å²) in [5, 5.41) is 13.1. The lowest BCUT2D eigenvalue weighted by Gasteiger charge is -2.26. The van der Waals surface area contributed by atoms with Gasteiger partial charge in [-0.1, -0.05) is 18.2 Å². The molecule has 0 unspecified atom stereocenters. The molecule has 42 heavy (non-hydrogen) atoms. The molecule has 0 radical (unpaired) electrons. The van der Waals surface area contributed by atoms with Gasteiger partial charge in [-0.15, -0.1) is 0 Å². The van der Waals surface area contributed by atoms with Crippen molar-refractivity contribution in [2.24, 2.45) is 0 Å². The number of carboxylic acid groups (broad SMARTS) is 1. The van der Waals surface area contributed by atoms with E-state index in [1.807, 2.05) is 18.7 Å². The zero-order chi connectivity index (χ0) is 30.3. The molecule has 0 saturated carbocycles. The second-order valence-electron chi connectivity index (χ2n) is 9.74. The number of carbonyl (C=O) groups excluding carboxylic acids is 1. The number of amides is 1. The molecular formula is C28H35N7O6S. The normalized spacial score (nSPS) is 13.8. The molecule has 1 aromatic carbocycles. The number of carbonyl (C=O) groups is 2. The summed E-state index contributed by atoms with van der Waals surface area (Å²) < 4.78 is 32.3. The zero-order valence-electron chi connectivity index (χ0n) is 23.8. The van der Waals surface area contributed by atoms with Crippen LogP contribution in [0.15, 0.2) is 54.9 Å². The third kappa shape index (κ3) is 7.43. The van der Waals surface area contributed by atoms with Gasteiger partial charge in [0.15, 0.2) is 5.82 Å². The third-order valence-electron chi connectivity index (χ3n) is 6.75. The maximum atomic E-state index is 13.0. The lowest BCUT2D eigenvalue weighted by Crippen LogP contribution is -2.34. The molecule has 2 N–H and O–H groups in total. The van der Waals surface area contributed by atoms with Gasteiger partial charge in [-0.05, 0) is 56.5 Å². The van der Waals surface area contributed by atoms with Crippen molar-refractivity contribution in [3.8, 4) is 5.75 Å². The first-order valence-corrected chi connectivity index (χ1v) is 15.5. The van der Waals surface area contributed by atoms with Crippen molar-refractivity contribution < 1.29 is 27.9 Å². The number of aromatic nitrogens is 3. The predicted molar refractivity (Wildman–Crippen MR) is 159 cm³/mol. The van der Waals surface area contributed by atoms with Gasteiger partial charge in [0.25, 0.3) is 0 Å². The smallest absolute Gasteiger partial charge is 0.415 e. The number of nitrogens with zero attached hydrogens (tertiary/aromatic N) is 6. The maximum absolute atomic E-state index is 13.0. The van der Waals surface area contributed by atoms with E-state index in [0.29, 0.717) is 43.4 Å². The van der Waals surface area contributed by atoms with Crippen molar-refractivity contribution in [2.45, 2.75) is 39.2 Å². The average Bonchev–Trinajstić information content (AvgIpc) is 3.51. The number of likely N-dealkylation sites (tertiary alicyclic amines) is 1. The molecular weight excluding hydrogens is 562 g/mol. The minimum Gasteiger partial charge on any atom is -0.480 e. The highest BCUT2D eigenvalue weighted by Gasteiger charge is 2.29. The number of hydrogen-bond acceptors (Lipinski definition) is 10. The molecule has 224 valence electrons. The molecule has 14 heteroatoms. The molecule has 2 aromatic heterocycles. The molecule has 1 aliphatic heterocycles. The first-order chi connectivity index (χ1) is 20.1. The number of hydrogen-bond donors (Lipinski definition) is 2. The number of aliphatic carboxylic acids is 1. The molecule has 4 rings (SSSR count). The van der Waals surface area contributed by atoms with Gasteiger partial charge in [-0.2, -0.15) is 4.98 Å². The second-order valence-corrected chi connectivity index (χ2v) is 11.6. The van der Waals surface area contributed by atoms with Gasteiger partial charge < -0.3 is 25.0 Å². The molecule has 3 aromatic rings. The van der Waals surface area contributed by atoms with E-state index in [-0.39, 0.29) is 23.7 Å². The second kappa shape index (κ2) is 13.5. The van der Waals surface area contributed by atoms with Gasteiger partial charge in [0.05, 0.1) is 12.5 Å². The van der Waals surface area contributed by atoms with E-state index in [1.54, 1.807) is 41.3 Å². The average molecular weight is 598 g/mol. The standard InChI is InChI=1S/C28H35N7O6S/c1-4-33(5-2)27-30-19-23(35(42(3,39)40)24-10-6-7-15-29-24)25(32-27)31-22(26(36)37)18-20-11-13-21(14-12-20)41-28(38)34-16-8-9-17-34/h6-7,10-15,19,22H,4-5,8-9,16-18H2,1-3H3,(H,36,37)(H,30,31,32)/t22-/m0/s1. The van der Waals surface area contributed by atoms with Gasteiger partial charge in [0.2, 0.25) is 16.0 Å². The summed E-state index contributed by atoms with van der Waals surface area (Å²) >= 11 is 0. The quantitative estimate of drug-likeness (QED) is 0.315. The third-order valence-corrected chi connectivity index (χ3v) is 7.80. The van der Waals surface area contributed by atoms with E-state index in [4.69, 9.17) is 4.74 Å². The minimum absolute atomic E-state index is 0.0199. The predicted octanol–water partition coefficient (Wildman–Crippen LogP) is 3.52. The maximum Gasteiger partial charge on any atom is 0.415 e. The summed E-state index contributed by atoms with van der Waals surface area (Å²) in [6.07, 6.45) is 5.35. The van der Waals surface area contributed by atoms with Gasteiger partial charge in [-0.3, -0.25) is 0 Å². The molecule has 3 heterocycles. The number of benzene rings is 1. The highest BCUT2D eigenvalue weighted by atomic mass is 32.2. The Bertz CT molecular complexity index is 1480. The van der Waals surface area contributed by atoms with Crippen molar-refractivity contribution in [3.05, 3.63) is 60.4 Å². The first kappa shape index (κ1) is 30.5. The van der Waals surface area contributed by atoms with Gasteiger partial charge in [0.1, 0.15) is 23.3 Å². The van der Waals surface area contributed by atoms with Crippen molar-refractivity contribution in [1.29, 1.82) is 0 Å². The van der Waals surface area contributed by atoms with Crippen LogP contribution in [0.25, 0.3) is 0 Å². The van der Waals surface area contributed by atoms with Crippen LogP contribution in [0.5, 0.6) is 5.75 Å². The Balaban J connectivity index is 1.64. The van der Waals surface area contributed by atoms with E-state index in [9.17, 15) is 23.1 Å². The monoisotopic (exact) mass is 597 g/mol. The highest BCUT2D eigenvalue weighted by molar-refractivity contribution is 7.92. The number of anilines is 4. The van der Waals surface area contributed by atoms with Crippen LogP contribution in [0.2, 0.25) is 0 Å². The van der Waals surface area contributed by atoms with Crippen molar-refractivity contribution >= 4 is 45.4 Å². The van der Waals surface area contributed by atoms with E-state index in [2.05, 4.69) is 20.3 Å². The lowest BCUT2D eigenvalue weighted by molar-refractivity contribution is -0.137. The molecule has 13 nitrogen and oxygen atoms in total. The Morgan fingerprint density at radius 1 is 1.07 bits per heavy atom. The van der Waals surface area contributed by atoms with Crippen LogP contribution < -0.4 is 19.3 Å². The molecule has 1 saturated heterocycles. The number of carboxylic acids is 1. The SMILES string of the molecule is CCN(CC)c1ncc(N(c2ccccn2)S(C)(=O)=O)c(N[C@@H](Cc2ccc(OC(=O)N3CCCC3)cc2)C(=O)O)n1. The van der Waals surface area contributed by atoms with Crippen molar-refractivity contribution in [3.63, 3.8) is 0 Å². The Morgan fingerprint density at radius 3 is 2.33 bits per heavy atom. The Kier molecular flexibility index (Phi) is 9.78. The zero-order valence-corrected chi connectivity index (χ0v) is 24.6. The van der Waals surface area contributed by atoms with Crippen molar-refractivity contribution in [2.75, 3.05) is 47.0 Å². The number of nitrogens with one attached hydrogen (secondary N) is 1. The highest BCUT2D eigenvalue weighted by Crippen LogP contribution is 2.33. The van der Waals surface area contributed by atoms with Crippen LogP contribution in [0.1, 0.15) is 32.3 Å². The number of sulfonamides is 1. The van der Waals surface area contributed by atoms with Gasteiger partial charge >= 0.3 is 12.1 Å². The van der Waals surface area contributed by atoms with E-state index in [0.717, 1.165) is 23.4 Å². The van der Waals surface area contributed by atoms with Gasteiger partial charge in [-0.25, -0.2) is 32.3 Å². The topological polar surface area (TPSA) is 158 Å². The van der Waals surface area contributed by atoms with Gasteiger partial charge in [0, 0.05) is 38.8 Å². The molecule has 1 fully saturated rings. The molecule has 0 bridgehead atoms. The summed E-state index contributed by atoms with van der Waals surface area (Å²) in [7, 11) is -3.93. The Morgan fingerprint density at radius 2 is 1.76 bits per heavy atom. The van der Waals surface area contributed by atoms with Crippen molar-refractivity contribution in [1.82, 2.24) is 19.9 Å². The summed E-state index contributed by atoms with van der Waals surface area (Å²) in [4.78, 5) is 41.4. The molecule has 0 aliphatic carbocycles. The van der Waals surface area contributed by atoms with Crippen LogP contribution in [0.4, 0.5) is 28.1 Å². The summed E-state index contributed by atoms with van der Waals surface area (Å²) in [5.74, 6) is -0.373. The Hall–Kier alpha value is -4.46. The van der Waals surface area contributed by atoms with Crippen LogP contribution >= 0.6 is 0 Å². The fraction of sp³-hybridized carbons (Fsp3) is 0.393. The van der Waals surface area contributed by atoms with Crippen LogP contribution in [0, 0.1) is 0 Å². The summed E-state index contributed by atoms with van der Waals surface area (Å²) in [6, 6.07) is 10.2. The molecule has 1 amide bonds. The molecule has 0 spiro atoms. The number of ether oxygens (including phenoxy) is 1. The molecule has 1 aliphatic rings. The fourth-order valence-corrected chi connectivity index (χ4v) is 5.52. The minimum atomic E-state index is -3.93. The summed E-state index contributed by atoms with van der Waals surface area (Å²) in [5.41, 5.74) is 0.683. The van der Waals surface area contributed by atoms with E-state index < -0.39 is 28.1 Å². The van der Waals surface area contributed by atoms with Crippen LogP contribution in [-0.2, 0) is 21.2 Å². The summed E-state index contributed by atoms with van der Waals surface area (Å²) in [6.45, 7) is 6.36.